The Balaban J connectivity index is 2.43. The second-order valence-electron chi connectivity index (χ2n) is 6.08. The lowest BCUT2D eigenvalue weighted by atomic mass is 9.83. The minimum absolute atomic E-state index is 0.396. The van der Waals surface area contributed by atoms with E-state index in [-0.39, 0.29) is 0 Å². The van der Waals surface area contributed by atoms with Gasteiger partial charge in [-0.2, -0.15) is 0 Å². The summed E-state index contributed by atoms with van der Waals surface area (Å²) in [4.78, 5) is 0. The van der Waals surface area contributed by atoms with Crippen molar-refractivity contribution in [3.8, 4) is 0 Å². The standard InChI is InChI=1S/C17H27NO/c1-10-7-11(2)14(5)16(13(10)4)17(18-6)15-8-12(3)19-9-15/h7,12,15,17-18H,8-9H2,1-6H3. The van der Waals surface area contributed by atoms with Crippen LogP contribution in [0.25, 0.3) is 0 Å². The highest BCUT2D eigenvalue weighted by Crippen LogP contribution is 2.36. The second-order valence-corrected chi connectivity index (χ2v) is 6.08. The summed E-state index contributed by atoms with van der Waals surface area (Å²) in [6, 6.07) is 2.71. The van der Waals surface area contributed by atoms with Crippen LogP contribution in [0.3, 0.4) is 0 Å². The SMILES string of the molecule is CNC(c1c(C)c(C)cc(C)c1C)C1COC(C)C1. The molecule has 1 aliphatic rings. The fourth-order valence-electron chi connectivity index (χ4n) is 3.41. The molecule has 0 aromatic heterocycles. The van der Waals surface area contributed by atoms with Gasteiger partial charge in [0, 0.05) is 12.0 Å². The van der Waals surface area contributed by atoms with E-state index in [1.165, 1.54) is 27.8 Å². The third-order valence-electron chi connectivity index (χ3n) is 4.75. The van der Waals surface area contributed by atoms with Gasteiger partial charge in [-0.05, 0) is 75.9 Å². The third kappa shape index (κ3) is 2.70. The zero-order chi connectivity index (χ0) is 14.2. The van der Waals surface area contributed by atoms with Crippen LogP contribution in [0.2, 0.25) is 0 Å². The maximum Gasteiger partial charge on any atom is 0.0551 e. The molecule has 1 fully saturated rings. The number of aryl methyl sites for hydroxylation is 2. The molecule has 2 nitrogen and oxygen atoms in total. The predicted molar refractivity (Wildman–Crippen MR) is 80.7 cm³/mol. The molecule has 2 heteroatoms. The Morgan fingerprint density at radius 2 is 1.74 bits per heavy atom. The van der Waals surface area contributed by atoms with Crippen LogP contribution in [0.4, 0.5) is 0 Å². The van der Waals surface area contributed by atoms with E-state index in [4.69, 9.17) is 4.74 Å². The molecule has 1 heterocycles. The summed E-state index contributed by atoms with van der Waals surface area (Å²) in [6.07, 6.45) is 1.55. The fourth-order valence-corrected chi connectivity index (χ4v) is 3.41. The highest BCUT2D eigenvalue weighted by Gasteiger charge is 2.31. The molecule has 106 valence electrons. The molecule has 0 aliphatic carbocycles. The Kier molecular flexibility index (Phi) is 4.32. The zero-order valence-corrected chi connectivity index (χ0v) is 13.1. The lowest BCUT2D eigenvalue weighted by Crippen LogP contribution is -2.27. The van der Waals surface area contributed by atoms with Crippen LogP contribution in [0.1, 0.15) is 47.2 Å². The van der Waals surface area contributed by atoms with Gasteiger partial charge in [-0.25, -0.2) is 0 Å². The van der Waals surface area contributed by atoms with E-state index in [2.05, 4.69) is 53.0 Å². The van der Waals surface area contributed by atoms with Crippen LogP contribution in [-0.4, -0.2) is 19.8 Å². The maximum absolute atomic E-state index is 5.77. The molecule has 1 N–H and O–H groups in total. The van der Waals surface area contributed by atoms with Crippen molar-refractivity contribution in [2.75, 3.05) is 13.7 Å². The second kappa shape index (κ2) is 5.64. The van der Waals surface area contributed by atoms with Crippen molar-refractivity contribution in [3.63, 3.8) is 0 Å². The number of hydrogen-bond acceptors (Lipinski definition) is 2. The van der Waals surface area contributed by atoms with Crippen molar-refractivity contribution in [2.24, 2.45) is 5.92 Å². The monoisotopic (exact) mass is 261 g/mol. The van der Waals surface area contributed by atoms with E-state index in [1.54, 1.807) is 0 Å². The molecular formula is C17H27NO. The molecule has 0 bridgehead atoms. The van der Waals surface area contributed by atoms with Gasteiger partial charge in [-0.3, -0.25) is 0 Å². The summed E-state index contributed by atoms with van der Waals surface area (Å²) in [6.45, 7) is 12.0. The summed E-state index contributed by atoms with van der Waals surface area (Å²) in [5.41, 5.74) is 7.14. The minimum Gasteiger partial charge on any atom is -0.378 e. The fraction of sp³-hybridized carbons (Fsp3) is 0.647. The number of benzene rings is 1. The first-order valence-corrected chi connectivity index (χ1v) is 7.31. The van der Waals surface area contributed by atoms with Gasteiger partial charge in [0.1, 0.15) is 0 Å². The van der Waals surface area contributed by atoms with Crippen molar-refractivity contribution < 1.29 is 4.74 Å². The molecule has 0 saturated carbocycles. The van der Waals surface area contributed by atoms with E-state index < -0.39 is 0 Å². The van der Waals surface area contributed by atoms with Crippen molar-refractivity contribution in [1.82, 2.24) is 5.32 Å². The molecule has 1 aromatic carbocycles. The van der Waals surface area contributed by atoms with Gasteiger partial charge in [0.05, 0.1) is 12.7 Å². The smallest absolute Gasteiger partial charge is 0.0551 e. The molecule has 1 aliphatic heterocycles. The summed E-state index contributed by atoms with van der Waals surface area (Å²) < 4.78 is 5.77. The van der Waals surface area contributed by atoms with Crippen LogP contribution in [0, 0.1) is 33.6 Å². The van der Waals surface area contributed by atoms with Gasteiger partial charge in [-0.1, -0.05) is 6.07 Å². The van der Waals surface area contributed by atoms with Crippen LogP contribution < -0.4 is 5.32 Å². The van der Waals surface area contributed by atoms with Gasteiger partial charge in [0.2, 0.25) is 0 Å². The third-order valence-corrected chi connectivity index (χ3v) is 4.75. The van der Waals surface area contributed by atoms with Crippen LogP contribution in [-0.2, 0) is 4.74 Å². The summed E-state index contributed by atoms with van der Waals surface area (Å²) in [7, 11) is 2.07. The average molecular weight is 261 g/mol. The molecule has 1 saturated heterocycles. The Morgan fingerprint density at radius 1 is 1.16 bits per heavy atom. The molecular weight excluding hydrogens is 234 g/mol. The Labute approximate surface area is 117 Å². The van der Waals surface area contributed by atoms with Crippen molar-refractivity contribution in [2.45, 2.75) is 53.2 Å². The van der Waals surface area contributed by atoms with Crippen LogP contribution >= 0.6 is 0 Å². The maximum atomic E-state index is 5.77. The Hall–Kier alpha value is -0.860. The first-order chi connectivity index (χ1) is 8.95. The van der Waals surface area contributed by atoms with Gasteiger partial charge in [0.15, 0.2) is 0 Å². The number of nitrogens with one attached hydrogen (secondary N) is 1. The van der Waals surface area contributed by atoms with Crippen molar-refractivity contribution in [1.29, 1.82) is 0 Å². The van der Waals surface area contributed by atoms with E-state index in [0.29, 0.717) is 18.1 Å². The average Bonchev–Trinajstić information content (AvgIpc) is 2.78. The molecule has 3 atom stereocenters. The summed E-state index contributed by atoms with van der Waals surface area (Å²) >= 11 is 0. The van der Waals surface area contributed by atoms with Crippen molar-refractivity contribution >= 4 is 0 Å². The molecule has 1 aromatic rings. The Morgan fingerprint density at radius 3 is 2.16 bits per heavy atom. The van der Waals surface area contributed by atoms with Crippen molar-refractivity contribution in [3.05, 3.63) is 33.9 Å². The predicted octanol–water partition coefficient (Wildman–Crippen LogP) is 3.61. The van der Waals surface area contributed by atoms with E-state index in [0.717, 1.165) is 13.0 Å². The largest absolute Gasteiger partial charge is 0.378 e. The molecule has 2 rings (SSSR count). The minimum atomic E-state index is 0.396. The lowest BCUT2D eigenvalue weighted by Gasteiger charge is -2.28. The van der Waals surface area contributed by atoms with E-state index in [9.17, 15) is 0 Å². The summed E-state index contributed by atoms with van der Waals surface area (Å²) in [5.74, 6) is 0.582. The topological polar surface area (TPSA) is 21.3 Å². The van der Waals surface area contributed by atoms with E-state index >= 15 is 0 Å². The van der Waals surface area contributed by atoms with Crippen LogP contribution in [0.5, 0.6) is 0 Å². The molecule has 0 spiro atoms. The number of rotatable bonds is 3. The number of hydrogen-bond donors (Lipinski definition) is 1. The Bertz CT molecular complexity index is 441. The normalized spacial score (nSPS) is 24.7. The highest BCUT2D eigenvalue weighted by atomic mass is 16.5. The molecule has 19 heavy (non-hydrogen) atoms. The van der Waals surface area contributed by atoms with E-state index in [1.807, 2.05) is 0 Å². The van der Waals surface area contributed by atoms with Gasteiger partial charge in [-0.15, -0.1) is 0 Å². The first-order valence-electron chi connectivity index (χ1n) is 7.31. The molecule has 0 amide bonds. The molecule has 0 radical (unpaired) electrons. The summed E-state index contributed by atoms with van der Waals surface area (Å²) in [5, 5.41) is 3.54. The van der Waals surface area contributed by atoms with Crippen LogP contribution in [0.15, 0.2) is 6.07 Å². The van der Waals surface area contributed by atoms with Gasteiger partial charge in [0.25, 0.3) is 0 Å². The van der Waals surface area contributed by atoms with Gasteiger partial charge < -0.3 is 10.1 Å². The number of ether oxygens (including phenoxy) is 1. The molecule has 3 unspecified atom stereocenters. The zero-order valence-electron chi connectivity index (χ0n) is 13.1. The van der Waals surface area contributed by atoms with Gasteiger partial charge >= 0.3 is 0 Å². The quantitative estimate of drug-likeness (QED) is 0.897. The lowest BCUT2D eigenvalue weighted by molar-refractivity contribution is 0.117. The first kappa shape index (κ1) is 14.5. The highest BCUT2D eigenvalue weighted by molar-refractivity contribution is 5.46.